The first-order valence-corrected chi connectivity index (χ1v) is 5.91. The number of aromatic nitrogens is 2. The van der Waals surface area contributed by atoms with Gasteiger partial charge in [-0.15, -0.1) is 0 Å². The van der Waals surface area contributed by atoms with Crippen molar-refractivity contribution in [2.75, 3.05) is 6.61 Å². The second-order valence-electron chi connectivity index (χ2n) is 3.28. The van der Waals surface area contributed by atoms with Crippen LogP contribution in [0.2, 0.25) is 0 Å². The maximum absolute atomic E-state index is 13.7. The Morgan fingerprint density at radius 1 is 1.24 bits per heavy atom. The lowest BCUT2D eigenvalue weighted by Crippen LogP contribution is -1.94. The molecular formula is C12H10BrFN2O. The zero-order valence-electron chi connectivity index (χ0n) is 9.15. The van der Waals surface area contributed by atoms with Crippen LogP contribution in [-0.4, -0.2) is 16.6 Å². The van der Waals surface area contributed by atoms with E-state index in [1.807, 2.05) is 6.92 Å². The van der Waals surface area contributed by atoms with Gasteiger partial charge in [-0.25, -0.2) is 14.4 Å². The van der Waals surface area contributed by atoms with Crippen molar-refractivity contribution in [3.8, 4) is 17.0 Å². The fourth-order valence-electron chi connectivity index (χ4n) is 1.43. The monoisotopic (exact) mass is 296 g/mol. The average Bonchev–Trinajstić information content (AvgIpc) is 2.34. The molecule has 2 rings (SSSR count). The van der Waals surface area contributed by atoms with Crippen molar-refractivity contribution in [3.63, 3.8) is 0 Å². The van der Waals surface area contributed by atoms with Crippen LogP contribution in [0.4, 0.5) is 4.39 Å². The minimum Gasteiger partial charge on any atom is -0.494 e. The van der Waals surface area contributed by atoms with Gasteiger partial charge in [0.15, 0.2) is 5.82 Å². The molecule has 0 unspecified atom stereocenters. The van der Waals surface area contributed by atoms with E-state index in [-0.39, 0.29) is 10.3 Å². The lowest BCUT2D eigenvalue weighted by Gasteiger charge is -2.05. The van der Waals surface area contributed by atoms with E-state index in [2.05, 4.69) is 25.9 Å². The summed E-state index contributed by atoms with van der Waals surface area (Å²) >= 11 is 3.03. The third-order valence-corrected chi connectivity index (χ3v) is 2.74. The largest absolute Gasteiger partial charge is 0.494 e. The number of ether oxygens (including phenoxy) is 1. The van der Waals surface area contributed by atoms with Crippen LogP contribution >= 0.6 is 15.9 Å². The van der Waals surface area contributed by atoms with E-state index in [0.717, 1.165) is 5.75 Å². The van der Waals surface area contributed by atoms with Crippen LogP contribution in [0.15, 0.2) is 35.2 Å². The van der Waals surface area contributed by atoms with Crippen LogP contribution in [0, 0.1) is 5.82 Å². The Morgan fingerprint density at radius 3 is 2.59 bits per heavy atom. The molecule has 1 aromatic heterocycles. The fraction of sp³-hybridized carbons (Fsp3) is 0.167. The van der Waals surface area contributed by atoms with Gasteiger partial charge in [0, 0.05) is 5.56 Å². The number of hydrogen-bond donors (Lipinski definition) is 0. The first-order chi connectivity index (χ1) is 8.22. The van der Waals surface area contributed by atoms with E-state index in [1.165, 1.54) is 6.33 Å². The number of benzene rings is 1. The highest BCUT2D eigenvalue weighted by Crippen LogP contribution is 2.25. The molecule has 0 spiro atoms. The Balaban J connectivity index is 2.36. The van der Waals surface area contributed by atoms with Crippen molar-refractivity contribution < 1.29 is 9.13 Å². The standard InChI is InChI=1S/C12H10BrFN2O/c1-2-17-9-5-3-8(4-6-9)11-10(14)12(13)16-7-15-11/h3-7H,2H2,1H3. The Kier molecular flexibility index (Phi) is 3.68. The van der Waals surface area contributed by atoms with Crippen molar-refractivity contribution in [3.05, 3.63) is 41.0 Å². The normalized spacial score (nSPS) is 10.3. The highest BCUT2D eigenvalue weighted by molar-refractivity contribution is 9.10. The summed E-state index contributed by atoms with van der Waals surface area (Å²) in [6.45, 7) is 2.52. The van der Waals surface area contributed by atoms with E-state index in [1.54, 1.807) is 24.3 Å². The zero-order chi connectivity index (χ0) is 12.3. The maximum Gasteiger partial charge on any atom is 0.182 e. The van der Waals surface area contributed by atoms with E-state index in [0.29, 0.717) is 12.2 Å². The molecule has 0 bridgehead atoms. The zero-order valence-corrected chi connectivity index (χ0v) is 10.7. The molecule has 0 amide bonds. The number of nitrogens with zero attached hydrogens (tertiary/aromatic N) is 2. The highest BCUT2D eigenvalue weighted by Gasteiger charge is 2.10. The van der Waals surface area contributed by atoms with E-state index in [9.17, 15) is 4.39 Å². The van der Waals surface area contributed by atoms with Gasteiger partial charge in [-0.2, -0.15) is 0 Å². The molecule has 0 aliphatic carbocycles. The van der Waals surface area contributed by atoms with Crippen LogP contribution in [0.1, 0.15) is 6.92 Å². The molecule has 1 aromatic carbocycles. The predicted molar refractivity (Wildman–Crippen MR) is 66.3 cm³/mol. The predicted octanol–water partition coefficient (Wildman–Crippen LogP) is 3.44. The minimum absolute atomic E-state index is 0.163. The van der Waals surface area contributed by atoms with E-state index < -0.39 is 5.82 Å². The van der Waals surface area contributed by atoms with E-state index >= 15 is 0 Å². The Labute approximate surface area is 107 Å². The lowest BCUT2D eigenvalue weighted by molar-refractivity contribution is 0.340. The van der Waals surface area contributed by atoms with Crippen LogP contribution in [0.3, 0.4) is 0 Å². The summed E-state index contributed by atoms with van der Waals surface area (Å²) in [6.07, 6.45) is 1.32. The summed E-state index contributed by atoms with van der Waals surface area (Å²) in [7, 11) is 0. The molecule has 0 saturated heterocycles. The van der Waals surface area contributed by atoms with Crippen molar-refractivity contribution >= 4 is 15.9 Å². The molecular weight excluding hydrogens is 287 g/mol. The number of rotatable bonds is 3. The van der Waals surface area contributed by atoms with Gasteiger partial charge in [-0.05, 0) is 47.1 Å². The highest BCUT2D eigenvalue weighted by atomic mass is 79.9. The van der Waals surface area contributed by atoms with Gasteiger partial charge in [0.25, 0.3) is 0 Å². The lowest BCUT2D eigenvalue weighted by atomic mass is 10.1. The average molecular weight is 297 g/mol. The summed E-state index contributed by atoms with van der Waals surface area (Å²) in [6, 6.07) is 7.11. The van der Waals surface area contributed by atoms with Gasteiger partial charge < -0.3 is 4.74 Å². The summed E-state index contributed by atoms with van der Waals surface area (Å²) in [5, 5.41) is 0. The molecule has 0 fully saturated rings. The van der Waals surface area contributed by atoms with Crippen LogP contribution in [-0.2, 0) is 0 Å². The molecule has 2 aromatic rings. The second kappa shape index (κ2) is 5.23. The van der Waals surface area contributed by atoms with Crippen molar-refractivity contribution in [1.82, 2.24) is 9.97 Å². The number of hydrogen-bond acceptors (Lipinski definition) is 3. The van der Waals surface area contributed by atoms with Gasteiger partial charge in [-0.3, -0.25) is 0 Å². The Hall–Kier alpha value is -1.49. The van der Waals surface area contributed by atoms with Crippen molar-refractivity contribution in [1.29, 1.82) is 0 Å². The first-order valence-electron chi connectivity index (χ1n) is 5.11. The molecule has 0 N–H and O–H groups in total. The van der Waals surface area contributed by atoms with Crippen LogP contribution in [0.5, 0.6) is 5.75 Å². The molecule has 0 radical (unpaired) electrons. The van der Waals surface area contributed by atoms with Gasteiger partial charge in [-0.1, -0.05) is 0 Å². The Bertz CT molecular complexity index is 516. The Morgan fingerprint density at radius 2 is 1.94 bits per heavy atom. The molecule has 0 atom stereocenters. The summed E-state index contributed by atoms with van der Waals surface area (Å²) < 4.78 is 19.2. The van der Waals surface area contributed by atoms with Gasteiger partial charge >= 0.3 is 0 Å². The molecule has 5 heteroatoms. The molecule has 0 saturated carbocycles. The van der Waals surface area contributed by atoms with Crippen LogP contribution in [0.25, 0.3) is 11.3 Å². The van der Waals surface area contributed by atoms with Crippen molar-refractivity contribution in [2.24, 2.45) is 0 Å². The summed E-state index contributed by atoms with van der Waals surface area (Å²) in [5.41, 5.74) is 0.962. The molecule has 1 heterocycles. The van der Waals surface area contributed by atoms with Crippen LogP contribution < -0.4 is 4.74 Å². The molecule has 3 nitrogen and oxygen atoms in total. The summed E-state index contributed by atoms with van der Waals surface area (Å²) in [4.78, 5) is 7.65. The third-order valence-electron chi connectivity index (χ3n) is 2.19. The molecule has 88 valence electrons. The second-order valence-corrected chi connectivity index (χ2v) is 4.04. The summed E-state index contributed by atoms with van der Waals surface area (Å²) in [5.74, 6) is 0.293. The maximum atomic E-state index is 13.7. The van der Waals surface area contributed by atoms with Gasteiger partial charge in [0.2, 0.25) is 0 Å². The van der Waals surface area contributed by atoms with Gasteiger partial charge in [0.1, 0.15) is 22.4 Å². The van der Waals surface area contributed by atoms with Gasteiger partial charge in [0.05, 0.1) is 6.61 Å². The van der Waals surface area contributed by atoms with Crippen molar-refractivity contribution in [2.45, 2.75) is 6.92 Å². The minimum atomic E-state index is -0.461. The fourth-order valence-corrected chi connectivity index (χ4v) is 1.70. The molecule has 0 aliphatic rings. The SMILES string of the molecule is CCOc1ccc(-c2ncnc(Br)c2F)cc1. The topological polar surface area (TPSA) is 35.0 Å². The molecule has 0 aliphatic heterocycles. The quantitative estimate of drug-likeness (QED) is 0.814. The first kappa shape index (κ1) is 12.0. The van der Waals surface area contributed by atoms with E-state index in [4.69, 9.17) is 4.74 Å². The molecule has 17 heavy (non-hydrogen) atoms. The number of halogens is 2. The third kappa shape index (κ3) is 2.61. The smallest absolute Gasteiger partial charge is 0.182 e.